The van der Waals surface area contributed by atoms with Crippen LogP contribution >= 0.6 is 0 Å². The maximum Gasteiger partial charge on any atom is 0.352 e. The number of rotatable bonds is 3. The van der Waals surface area contributed by atoms with E-state index in [0.717, 1.165) is 21.7 Å². The lowest BCUT2D eigenvalue weighted by atomic mass is 10.4. The van der Waals surface area contributed by atoms with E-state index in [0.29, 0.717) is 0 Å². The van der Waals surface area contributed by atoms with Gasteiger partial charge in [0.1, 0.15) is 10.6 Å². The molecule has 1 rings (SSSR count). The van der Waals surface area contributed by atoms with Crippen LogP contribution in [0.2, 0.25) is 0 Å². The van der Waals surface area contributed by atoms with E-state index in [2.05, 4.69) is 0 Å². The molecule has 0 fully saturated rings. The van der Waals surface area contributed by atoms with Crippen LogP contribution in [-0.4, -0.2) is 29.3 Å². The Bertz CT molecular complexity index is 461. The quantitative estimate of drug-likeness (QED) is 0.589. The highest BCUT2D eigenvalue weighted by Crippen LogP contribution is 2.12. The van der Waals surface area contributed by atoms with Crippen LogP contribution in [0.15, 0.2) is 17.2 Å². The van der Waals surface area contributed by atoms with Crippen LogP contribution in [0.3, 0.4) is 0 Å². The number of hydrogen-bond acceptors (Lipinski definition) is 4. The highest BCUT2D eigenvalue weighted by atomic mass is 32.2. The van der Waals surface area contributed by atoms with Gasteiger partial charge in [0.2, 0.25) is 0 Å². The van der Waals surface area contributed by atoms with Gasteiger partial charge in [-0.3, -0.25) is 0 Å². The number of nitrogens with zero attached hydrogens (tertiary/aromatic N) is 1. The summed E-state index contributed by atoms with van der Waals surface area (Å²) >= 11 is 0. The van der Waals surface area contributed by atoms with Crippen molar-refractivity contribution in [3.05, 3.63) is 18.0 Å². The van der Waals surface area contributed by atoms with Crippen LogP contribution in [0.4, 0.5) is 0 Å². The standard InChI is InChI=1S/C6H8N2O5S/c1-8-3-4(14(12,13)7-11)2-5(8)6(9)10/h2-3,7,11H,1H3,(H,9,10). The summed E-state index contributed by atoms with van der Waals surface area (Å²) < 4.78 is 23.2. The fourth-order valence-electron chi connectivity index (χ4n) is 0.947. The summed E-state index contributed by atoms with van der Waals surface area (Å²) in [6.07, 6.45) is 1.09. The Morgan fingerprint density at radius 1 is 1.57 bits per heavy atom. The Hall–Kier alpha value is -1.38. The Kier molecular flexibility index (Phi) is 2.60. The minimum Gasteiger partial charge on any atom is -0.477 e. The van der Waals surface area contributed by atoms with E-state index in [9.17, 15) is 13.2 Å². The number of nitrogens with one attached hydrogen (secondary N) is 1. The van der Waals surface area contributed by atoms with Crippen LogP contribution in [0, 0.1) is 0 Å². The largest absolute Gasteiger partial charge is 0.477 e. The highest BCUT2D eigenvalue weighted by Gasteiger charge is 2.18. The first-order valence-electron chi connectivity index (χ1n) is 3.44. The summed E-state index contributed by atoms with van der Waals surface area (Å²) in [6.45, 7) is 0. The highest BCUT2D eigenvalue weighted by molar-refractivity contribution is 7.89. The van der Waals surface area contributed by atoms with Crippen molar-refractivity contribution < 1.29 is 23.5 Å². The maximum absolute atomic E-state index is 11.0. The Morgan fingerprint density at radius 2 is 2.14 bits per heavy atom. The van der Waals surface area contributed by atoms with E-state index < -0.39 is 16.0 Å². The third-order valence-corrected chi connectivity index (χ3v) is 2.71. The van der Waals surface area contributed by atoms with E-state index in [-0.39, 0.29) is 10.6 Å². The lowest BCUT2D eigenvalue weighted by Gasteiger charge is -1.94. The van der Waals surface area contributed by atoms with Crippen molar-refractivity contribution in [1.29, 1.82) is 0 Å². The lowest BCUT2D eigenvalue weighted by molar-refractivity contribution is 0.0686. The molecule has 1 aromatic rings. The average molecular weight is 220 g/mol. The second-order valence-corrected chi connectivity index (χ2v) is 4.23. The van der Waals surface area contributed by atoms with E-state index in [1.807, 2.05) is 0 Å². The molecule has 0 saturated heterocycles. The minimum atomic E-state index is -4.01. The second kappa shape index (κ2) is 3.40. The van der Waals surface area contributed by atoms with E-state index in [1.54, 1.807) is 0 Å². The fourth-order valence-corrected chi connectivity index (χ4v) is 1.62. The van der Waals surface area contributed by atoms with Crippen LogP contribution in [-0.2, 0) is 17.1 Å². The van der Waals surface area contributed by atoms with Gasteiger partial charge in [0.05, 0.1) is 0 Å². The Balaban J connectivity index is 3.29. The molecule has 0 spiro atoms. The molecular weight excluding hydrogens is 212 g/mol. The average Bonchev–Trinajstić information content (AvgIpc) is 2.48. The third-order valence-electron chi connectivity index (χ3n) is 1.63. The van der Waals surface area contributed by atoms with Crippen molar-refractivity contribution in [1.82, 2.24) is 9.45 Å². The fraction of sp³-hybridized carbons (Fsp3) is 0.167. The van der Waals surface area contributed by atoms with Gasteiger partial charge >= 0.3 is 5.97 Å². The Labute approximate surface area is 79.6 Å². The molecule has 0 amide bonds. The first kappa shape index (κ1) is 10.7. The van der Waals surface area contributed by atoms with Gasteiger partial charge < -0.3 is 14.9 Å². The molecule has 0 aromatic carbocycles. The number of aryl methyl sites for hydroxylation is 1. The molecule has 1 aromatic heterocycles. The lowest BCUT2D eigenvalue weighted by Crippen LogP contribution is -2.18. The first-order chi connectivity index (χ1) is 6.38. The summed E-state index contributed by atoms with van der Waals surface area (Å²) in [6, 6.07) is 0.945. The van der Waals surface area contributed by atoms with Gasteiger partial charge in [-0.15, -0.1) is 0 Å². The summed E-state index contributed by atoms with van der Waals surface area (Å²) in [5.74, 6) is -1.24. The van der Waals surface area contributed by atoms with Gasteiger partial charge in [0.15, 0.2) is 0 Å². The zero-order chi connectivity index (χ0) is 10.9. The number of sulfonamides is 1. The van der Waals surface area contributed by atoms with Crippen molar-refractivity contribution in [2.24, 2.45) is 7.05 Å². The maximum atomic E-state index is 11.0. The summed E-state index contributed by atoms with van der Waals surface area (Å²) in [5.41, 5.74) is -0.182. The van der Waals surface area contributed by atoms with E-state index >= 15 is 0 Å². The van der Waals surface area contributed by atoms with Crippen molar-refractivity contribution in [2.75, 3.05) is 0 Å². The predicted molar refractivity (Wildman–Crippen MR) is 44.5 cm³/mol. The van der Waals surface area contributed by atoms with Crippen LogP contribution in [0.25, 0.3) is 0 Å². The predicted octanol–water partition coefficient (Wildman–Crippen LogP) is -0.609. The number of carboxylic acid groups (broad SMARTS) is 1. The molecule has 0 radical (unpaired) electrons. The molecule has 0 unspecified atom stereocenters. The number of carboxylic acids is 1. The van der Waals surface area contributed by atoms with Crippen molar-refractivity contribution in [3.63, 3.8) is 0 Å². The van der Waals surface area contributed by atoms with Gasteiger partial charge in [0, 0.05) is 13.2 Å². The van der Waals surface area contributed by atoms with E-state index in [1.165, 1.54) is 7.05 Å². The summed E-state index contributed by atoms with van der Waals surface area (Å²) in [7, 11) is -2.62. The molecule has 0 aliphatic carbocycles. The van der Waals surface area contributed by atoms with Crippen molar-refractivity contribution in [3.8, 4) is 0 Å². The molecule has 7 nitrogen and oxygen atoms in total. The number of aromatic nitrogens is 1. The second-order valence-electron chi connectivity index (χ2n) is 2.57. The molecule has 0 aliphatic rings. The molecule has 1 heterocycles. The van der Waals surface area contributed by atoms with Crippen LogP contribution in [0.1, 0.15) is 10.5 Å². The zero-order valence-corrected chi connectivity index (χ0v) is 7.95. The van der Waals surface area contributed by atoms with Crippen molar-refractivity contribution >= 4 is 16.0 Å². The Morgan fingerprint density at radius 3 is 2.50 bits per heavy atom. The van der Waals surface area contributed by atoms with Gasteiger partial charge in [-0.2, -0.15) is 0 Å². The molecule has 0 saturated carbocycles. The molecule has 78 valence electrons. The molecular formula is C6H8N2O5S. The molecule has 0 atom stereocenters. The third kappa shape index (κ3) is 1.76. The van der Waals surface area contributed by atoms with Crippen LogP contribution in [0.5, 0.6) is 0 Å². The normalized spacial score (nSPS) is 11.6. The zero-order valence-electron chi connectivity index (χ0n) is 7.13. The smallest absolute Gasteiger partial charge is 0.352 e. The summed E-state index contributed by atoms with van der Waals surface area (Å²) in [4.78, 5) is 11.3. The topological polar surface area (TPSA) is 109 Å². The van der Waals surface area contributed by atoms with Gasteiger partial charge in [-0.1, -0.05) is 4.89 Å². The van der Waals surface area contributed by atoms with Gasteiger partial charge in [-0.25, -0.2) is 13.2 Å². The SMILES string of the molecule is Cn1cc(S(=O)(=O)NO)cc1C(=O)O. The van der Waals surface area contributed by atoms with Gasteiger partial charge in [0.25, 0.3) is 10.0 Å². The van der Waals surface area contributed by atoms with E-state index in [4.69, 9.17) is 10.3 Å². The minimum absolute atomic E-state index is 0.182. The number of carbonyl (C=O) groups is 1. The number of aromatic carboxylic acids is 1. The monoisotopic (exact) mass is 220 g/mol. The molecule has 8 heteroatoms. The summed E-state index contributed by atoms with van der Waals surface area (Å²) in [5, 5.41) is 16.9. The molecule has 3 N–H and O–H groups in total. The first-order valence-corrected chi connectivity index (χ1v) is 4.92. The number of hydrogen-bond donors (Lipinski definition) is 3. The molecule has 14 heavy (non-hydrogen) atoms. The molecule has 0 aliphatic heterocycles. The van der Waals surface area contributed by atoms with Crippen molar-refractivity contribution in [2.45, 2.75) is 4.90 Å². The van der Waals surface area contributed by atoms with Crippen LogP contribution < -0.4 is 4.89 Å². The van der Waals surface area contributed by atoms with Gasteiger partial charge in [-0.05, 0) is 6.07 Å². The molecule has 0 bridgehead atoms.